The zero-order chi connectivity index (χ0) is 15.0. The van der Waals surface area contributed by atoms with Crippen molar-refractivity contribution in [1.29, 1.82) is 0 Å². The summed E-state index contributed by atoms with van der Waals surface area (Å²) in [5, 5.41) is 14.5. The first kappa shape index (κ1) is 13.4. The maximum atomic E-state index is 10.1. The monoisotopic (exact) mass is 279 g/mol. The van der Waals surface area contributed by atoms with Crippen molar-refractivity contribution in [3.63, 3.8) is 0 Å². The van der Waals surface area contributed by atoms with Crippen LogP contribution in [0.1, 0.15) is 11.4 Å². The molecule has 0 saturated heterocycles. The molecule has 0 atom stereocenters. The number of aryl methyl sites for hydroxylation is 3. The van der Waals surface area contributed by atoms with Crippen molar-refractivity contribution in [2.75, 3.05) is 0 Å². The number of phenolic OH excluding ortho intramolecular Hbond substituents is 1. The number of hydrogen-bond donors (Lipinski definition) is 1. The van der Waals surface area contributed by atoms with E-state index in [0.29, 0.717) is 0 Å². The van der Waals surface area contributed by atoms with Crippen LogP contribution in [0.5, 0.6) is 5.75 Å². The predicted octanol–water partition coefficient (Wildman–Crippen LogP) is 3.47. The summed E-state index contributed by atoms with van der Waals surface area (Å²) in [4.78, 5) is 4.66. The fraction of sp³-hybridized carbons (Fsp3) is 0.176. The Labute approximate surface area is 123 Å². The first-order chi connectivity index (χ1) is 10.1. The molecule has 21 heavy (non-hydrogen) atoms. The highest BCUT2D eigenvalue weighted by Gasteiger charge is 2.15. The highest BCUT2D eigenvalue weighted by Crippen LogP contribution is 2.35. The van der Waals surface area contributed by atoms with Crippen molar-refractivity contribution in [3.8, 4) is 28.3 Å². The first-order valence-corrected chi connectivity index (χ1v) is 6.83. The van der Waals surface area contributed by atoms with Gasteiger partial charge in [0.05, 0.1) is 17.1 Å². The van der Waals surface area contributed by atoms with E-state index in [4.69, 9.17) is 0 Å². The lowest BCUT2D eigenvalue weighted by Gasteiger charge is -2.11. The summed E-state index contributed by atoms with van der Waals surface area (Å²) in [7, 11) is 1.90. The summed E-state index contributed by atoms with van der Waals surface area (Å²) in [6.45, 7) is 3.92. The van der Waals surface area contributed by atoms with E-state index in [0.717, 1.165) is 33.9 Å². The van der Waals surface area contributed by atoms with E-state index >= 15 is 0 Å². The van der Waals surface area contributed by atoms with E-state index in [1.807, 2.05) is 62.0 Å². The molecule has 2 aromatic heterocycles. The van der Waals surface area contributed by atoms with Crippen molar-refractivity contribution < 1.29 is 5.11 Å². The summed E-state index contributed by atoms with van der Waals surface area (Å²) in [5.74, 6) is 0.253. The fourth-order valence-corrected chi connectivity index (χ4v) is 2.50. The molecule has 0 radical (unpaired) electrons. The van der Waals surface area contributed by atoms with Crippen molar-refractivity contribution in [3.05, 3.63) is 53.9 Å². The van der Waals surface area contributed by atoms with Gasteiger partial charge in [0.2, 0.25) is 0 Å². The number of benzene rings is 1. The van der Waals surface area contributed by atoms with Gasteiger partial charge in [-0.25, -0.2) is 0 Å². The molecule has 4 nitrogen and oxygen atoms in total. The molecule has 0 aliphatic heterocycles. The molecular weight excluding hydrogens is 262 g/mol. The van der Waals surface area contributed by atoms with Gasteiger partial charge in [-0.05, 0) is 32.0 Å². The Morgan fingerprint density at radius 3 is 2.38 bits per heavy atom. The van der Waals surface area contributed by atoms with Gasteiger partial charge in [-0.2, -0.15) is 5.10 Å². The zero-order valence-electron chi connectivity index (χ0n) is 12.3. The molecule has 0 aliphatic carbocycles. The fourth-order valence-electron chi connectivity index (χ4n) is 2.50. The SMILES string of the molecule is Cc1ccc(-c2ccccc2O)c(-c2cc(C)nn2C)n1. The lowest BCUT2D eigenvalue weighted by atomic mass is 10.0. The largest absolute Gasteiger partial charge is 0.507 e. The van der Waals surface area contributed by atoms with Crippen LogP contribution in [0.2, 0.25) is 0 Å². The van der Waals surface area contributed by atoms with Crippen LogP contribution in [0.4, 0.5) is 0 Å². The van der Waals surface area contributed by atoms with Crippen molar-refractivity contribution in [1.82, 2.24) is 14.8 Å². The molecule has 1 aromatic carbocycles. The second-order valence-corrected chi connectivity index (χ2v) is 5.16. The third-order valence-electron chi connectivity index (χ3n) is 3.47. The van der Waals surface area contributed by atoms with Crippen LogP contribution in [-0.2, 0) is 7.05 Å². The molecule has 0 saturated carbocycles. The molecular formula is C17H17N3O. The number of nitrogens with zero attached hydrogens (tertiary/aromatic N) is 3. The van der Waals surface area contributed by atoms with E-state index in [2.05, 4.69) is 10.1 Å². The second kappa shape index (κ2) is 5.05. The van der Waals surface area contributed by atoms with Crippen LogP contribution in [0, 0.1) is 13.8 Å². The lowest BCUT2D eigenvalue weighted by Crippen LogP contribution is -1.99. The van der Waals surface area contributed by atoms with Crippen LogP contribution in [0.25, 0.3) is 22.5 Å². The van der Waals surface area contributed by atoms with E-state index in [9.17, 15) is 5.11 Å². The summed E-state index contributed by atoms with van der Waals surface area (Å²) in [6.07, 6.45) is 0. The summed E-state index contributed by atoms with van der Waals surface area (Å²) in [5.41, 5.74) is 5.33. The summed E-state index contributed by atoms with van der Waals surface area (Å²) < 4.78 is 1.82. The smallest absolute Gasteiger partial charge is 0.123 e. The normalized spacial score (nSPS) is 10.8. The Morgan fingerprint density at radius 1 is 0.952 bits per heavy atom. The maximum absolute atomic E-state index is 10.1. The Kier molecular flexibility index (Phi) is 3.22. The number of hydrogen-bond acceptors (Lipinski definition) is 3. The molecule has 0 amide bonds. The molecule has 0 fully saturated rings. The van der Waals surface area contributed by atoms with E-state index in [-0.39, 0.29) is 5.75 Å². The highest BCUT2D eigenvalue weighted by molar-refractivity contribution is 5.82. The summed E-state index contributed by atoms with van der Waals surface area (Å²) >= 11 is 0. The minimum atomic E-state index is 0.253. The molecule has 0 bridgehead atoms. The van der Waals surface area contributed by atoms with E-state index in [1.54, 1.807) is 6.07 Å². The molecule has 2 heterocycles. The average molecular weight is 279 g/mol. The van der Waals surface area contributed by atoms with E-state index < -0.39 is 0 Å². The Morgan fingerprint density at radius 2 is 1.71 bits per heavy atom. The Bertz CT molecular complexity index is 806. The van der Waals surface area contributed by atoms with Gasteiger partial charge in [0.1, 0.15) is 5.75 Å². The topological polar surface area (TPSA) is 50.9 Å². The molecule has 0 spiro atoms. The number of phenols is 1. The second-order valence-electron chi connectivity index (χ2n) is 5.16. The molecule has 1 N–H and O–H groups in total. The standard InChI is InChI=1S/C17H17N3O/c1-11-8-9-14(13-6-4-5-7-16(13)21)17(18-11)15-10-12(2)19-20(15)3/h4-10,21H,1-3H3. The number of aromatic hydroxyl groups is 1. The number of para-hydroxylation sites is 1. The van der Waals surface area contributed by atoms with Crippen LogP contribution in [0.15, 0.2) is 42.5 Å². The van der Waals surface area contributed by atoms with Gasteiger partial charge >= 0.3 is 0 Å². The highest BCUT2D eigenvalue weighted by atomic mass is 16.3. The van der Waals surface area contributed by atoms with Crippen molar-refractivity contribution in [2.45, 2.75) is 13.8 Å². The quantitative estimate of drug-likeness (QED) is 0.781. The van der Waals surface area contributed by atoms with Gasteiger partial charge in [-0.1, -0.05) is 24.3 Å². The molecule has 0 aliphatic rings. The number of rotatable bonds is 2. The summed E-state index contributed by atoms with van der Waals surface area (Å²) in [6, 6.07) is 13.3. The average Bonchev–Trinajstić information content (AvgIpc) is 2.78. The van der Waals surface area contributed by atoms with Gasteiger partial charge < -0.3 is 5.11 Å². The van der Waals surface area contributed by atoms with Gasteiger partial charge in [0, 0.05) is 23.9 Å². The molecule has 106 valence electrons. The lowest BCUT2D eigenvalue weighted by molar-refractivity contribution is 0.477. The maximum Gasteiger partial charge on any atom is 0.123 e. The van der Waals surface area contributed by atoms with Crippen LogP contribution >= 0.6 is 0 Å². The van der Waals surface area contributed by atoms with Gasteiger partial charge in [-0.3, -0.25) is 9.67 Å². The Balaban J connectivity index is 2.28. The minimum absolute atomic E-state index is 0.253. The van der Waals surface area contributed by atoms with Crippen LogP contribution in [0.3, 0.4) is 0 Å². The van der Waals surface area contributed by atoms with Crippen molar-refractivity contribution in [2.24, 2.45) is 7.05 Å². The zero-order valence-corrected chi connectivity index (χ0v) is 12.3. The third-order valence-corrected chi connectivity index (χ3v) is 3.47. The molecule has 0 unspecified atom stereocenters. The molecule has 3 rings (SSSR count). The van der Waals surface area contributed by atoms with E-state index in [1.165, 1.54) is 0 Å². The van der Waals surface area contributed by atoms with Crippen LogP contribution in [-0.4, -0.2) is 19.9 Å². The third kappa shape index (κ3) is 2.40. The minimum Gasteiger partial charge on any atom is -0.507 e. The number of pyridine rings is 1. The van der Waals surface area contributed by atoms with Crippen molar-refractivity contribution >= 4 is 0 Å². The van der Waals surface area contributed by atoms with Crippen LogP contribution < -0.4 is 0 Å². The molecule has 3 aromatic rings. The molecule has 4 heteroatoms. The van der Waals surface area contributed by atoms with Gasteiger partial charge in [0.15, 0.2) is 0 Å². The Hall–Kier alpha value is -2.62. The first-order valence-electron chi connectivity index (χ1n) is 6.83. The van der Waals surface area contributed by atoms with Gasteiger partial charge in [-0.15, -0.1) is 0 Å². The predicted molar refractivity (Wildman–Crippen MR) is 83.0 cm³/mol. The number of aromatic nitrogens is 3. The van der Waals surface area contributed by atoms with Gasteiger partial charge in [0.25, 0.3) is 0 Å².